The van der Waals surface area contributed by atoms with Gasteiger partial charge in [-0.1, -0.05) is 45.0 Å². The number of aliphatic hydroxyl groups is 1. The topological polar surface area (TPSA) is 146 Å². The molecule has 12 heteroatoms. The molecule has 4 aromatic rings. The van der Waals surface area contributed by atoms with E-state index in [0.29, 0.717) is 0 Å². The molecule has 0 spiro atoms. The Morgan fingerprint density at radius 1 is 0.949 bits per heavy atom. The van der Waals surface area contributed by atoms with Gasteiger partial charge in [-0.2, -0.15) is 4.98 Å². The predicted molar refractivity (Wildman–Crippen MR) is 145 cm³/mol. The molecule has 0 aliphatic carbocycles. The number of hydrogen-bond acceptors (Lipinski definition) is 10. The van der Waals surface area contributed by atoms with Crippen LogP contribution in [-0.4, -0.2) is 53.7 Å². The van der Waals surface area contributed by atoms with Gasteiger partial charge in [0.25, 0.3) is 15.9 Å². The largest absolute Gasteiger partial charge is 0.493 e. The number of anilines is 1. The smallest absolute Gasteiger partial charge is 0.263 e. The van der Waals surface area contributed by atoms with Crippen LogP contribution in [0.3, 0.4) is 0 Å². The zero-order valence-electron chi connectivity index (χ0n) is 24.5. The molecule has 4 rings (SSSR count). The van der Waals surface area contributed by atoms with Gasteiger partial charge in [0.15, 0.2) is 23.1 Å². The molecule has 0 saturated heterocycles. The van der Waals surface area contributed by atoms with E-state index in [2.05, 4.69) is 24.7 Å². The van der Waals surface area contributed by atoms with E-state index in [0.717, 1.165) is 5.56 Å². The first-order valence-corrected chi connectivity index (χ1v) is 13.3. The molecule has 0 unspecified atom stereocenters. The summed E-state index contributed by atoms with van der Waals surface area (Å²) in [5.74, 6) is -1.25. The van der Waals surface area contributed by atoms with Crippen LogP contribution in [0.5, 0.6) is 23.1 Å². The van der Waals surface area contributed by atoms with Gasteiger partial charge in [-0.15, -0.1) is 0 Å². The van der Waals surface area contributed by atoms with Gasteiger partial charge in [-0.05, 0) is 41.3 Å². The molecular formula is C27H29N5O6S. The maximum atomic E-state index is 13.6. The van der Waals surface area contributed by atoms with E-state index in [1.165, 1.54) is 42.7 Å². The number of sulfonamides is 1. The average Bonchev–Trinajstić information content (AvgIpc) is 2.93. The van der Waals surface area contributed by atoms with E-state index < -0.39 is 23.7 Å². The average molecular weight is 555 g/mol. The van der Waals surface area contributed by atoms with Crippen LogP contribution >= 0.6 is 0 Å². The Morgan fingerprint density at radius 3 is 2.28 bits per heavy atom. The number of aliphatic hydroxyl groups excluding tert-OH is 1. The van der Waals surface area contributed by atoms with E-state index in [1.54, 1.807) is 24.3 Å². The SMILES string of the molecule is [2H]C([2H])([2H])Oc1ccccc1Oc1c(NS(=O)(=O)c2ccc(C(C)(C)C)cc2)nc(-c2ncccn2)nc1OCCO. The van der Waals surface area contributed by atoms with Crippen LogP contribution in [0.4, 0.5) is 5.82 Å². The van der Waals surface area contributed by atoms with Crippen LogP contribution in [-0.2, 0) is 15.4 Å². The van der Waals surface area contributed by atoms with Crippen molar-refractivity contribution in [1.29, 1.82) is 0 Å². The quantitative estimate of drug-likeness (QED) is 0.292. The minimum Gasteiger partial charge on any atom is -0.493 e. The lowest BCUT2D eigenvalue weighted by molar-refractivity contribution is 0.192. The number of para-hydroxylation sites is 2. The molecule has 2 N–H and O–H groups in total. The van der Waals surface area contributed by atoms with Gasteiger partial charge in [0.05, 0.1) is 22.7 Å². The summed E-state index contributed by atoms with van der Waals surface area (Å²) in [4.78, 5) is 16.8. The van der Waals surface area contributed by atoms with Gasteiger partial charge in [-0.25, -0.2) is 23.4 Å². The van der Waals surface area contributed by atoms with Gasteiger partial charge in [0, 0.05) is 12.4 Å². The minimum atomic E-state index is -4.25. The molecule has 2 aromatic carbocycles. The summed E-state index contributed by atoms with van der Waals surface area (Å²) in [6.45, 7) is 5.38. The van der Waals surface area contributed by atoms with Gasteiger partial charge < -0.3 is 19.3 Å². The highest BCUT2D eigenvalue weighted by atomic mass is 32.2. The van der Waals surface area contributed by atoms with Crippen molar-refractivity contribution in [2.45, 2.75) is 31.1 Å². The molecule has 11 nitrogen and oxygen atoms in total. The predicted octanol–water partition coefficient (Wildman–Crippen LogP) is 4.20. The van der Waals surface area contributed by atoms with Crippen molar-refractivity contribution in [3.63, 3.8) is 0 Å². The molecular weight excluding hydrogens is 522 g/mol. The summed E-state index contributed by atoms with van der Waals surface area (Å²) >= 11 is 0. The zero-order chi connectivity index (χ0) is 30.5. The van der Waals surface area contributed by atoms with E-state index in [-0.39, 0.29) is 57.5 Å². The second-order valence-electron chi connectivity index (χ2n) is 9.21. The van der Waals surface area contributed by atoms with Crippen molar-refractivity contribution in [1.82, 2.24) is 19.9 Å². The number of aromatic nitrogens is 4. The molecule has 0 aliphatic heterocycles. The van der Waals surface area contributed by atoms with Crippen LogP contribution in [0.2, 0.25) is 0 Å². The molecule has 0 amide bonds. The summed E-state index contributed by atoms with van der Waals surface area (Å²) in [5.41, 5.74) is 0.735. The Hall–Kier alpha value is -4.29. The lowest BCUT2D eigenvalue weighted by Crippen LogP contribution is -2.17. The van der Waals surface area contributed by atoms with Crippen LogP contribution in [0, 0.1) is 0 Å². The van der Waals surface area contributed by atoms with Gasteiger partial charge in [0.2, 0.25) is 11.6 Å². The fourth-order valence-electron chi connectivity index (χ4n) is 3.39. The fourth-order valence-corrected chi connectivity index (χ4v) is 4.40. The Labute approximate surface area is 231 Å². The third kappa shape index (κ3) is 6.59. The number of nitrogens with one attached hydrogen (secondary N) is 1. The molecule has 0 aliphatic rings. The van der Waals surface area contributed by atoms with Crippen LogP contribution < -0.4 is 18.9 Å². The molecule has 2 heterocycles. The monoisotopic (exact) mass is 554 g/mol. The Kier molecular flexibility index (Phi) is 7.09. The fraction of sp³-hybridized carbons (Fsp3) is 0.259. The minimum absolute atomic E-state index is 0.0541. The molecule has 0 bridgehead atoms. The van der Waals surface area contributed by atoms with Crippen LogP contribution in [0.25, 0.3) is 11.6 Å². The van der Waals surface area contributed by atoms with Crippen molar-refractivity contribution in [2.75, 3.05) is 25.0 Å². The first-order valence-electron chi connectivity index (χ1n) is 13.3. The van der Waals surface area contributed by atoms with E-state index in [4.69, 9.17) is 18.3 Å². The van der Waals surface area contributed by atoms with Crippen LogP contribution in [0.1, 0.15) is 30.4 Å². The maximum absolute atomic E-state index is 13.6. The van der Waals surface area contributed by atoms with Crippen molar-refractivity contribution in [3.8, 4) is 34.8 Å². The Bertz CT molecular complexity index is 1630. The molecule has 0 fully saturated rings. The standard InChI is InChI=1S/C27H29N5O6S/c1-27(2,3)18-10-12-19(13-11-18)39(34,35)32-23-22(38-21-9-6-5-8-20(21)36-4)26(37-17-16-33)31-25(30-23)24-28-14-7-15-29-24/h5-15,33H,16-17H2,1-4H3,(H,30,31,32)/i4D3. The number of rotatable bonds is 10. The van der Waals surface area contributed by atoms with Crippen molar-refractivity contribution < 1.29 is 31.8 Å². The normalized spacial score (nSPS) is 13.1. The summed E-state index contributed by atoms with van der Waals surface area (Å²) in [6, 6.07) is 13.8. The lowest BCUT2D eigenvalue weighted by atomic mass is 9.87. The highest BCUT2D eigenvalue weighted by Crippen LogP contribution is 2.41. The molecule has 39 heavy (non-hydrogen) atoms. The summed E-state index contributed by atoms with van der Waals surface area (Å²) in [6.07, 6.45) is 2.90. The van der Waals surface area contributed by atoms with Crippen LogP contribution in [0.15, 0.2) is 71.9 Å². The number of ether oxygens (including phenoxy) is 3. The molecule has 0 atom stereocenters. The highest BCUT2D eigenvalue weighted by molar-refractivity contribution is 7.92. The summed E-state index contributed by atoms with van der Waals surface area (Å²) in [7, 11) is -7.05. The molecule has 204 valence electrons. The number of hydrogen-bond donors (Lipinski definition) is 2. The third-order valence-corrected chi connectivity index (χ3v) is 6.72. The highest BCUT2D eigenvalue weighted by Gasteiger charge is 2.26. The number of nitrogens with zero attached hydrogens (tertiary/aromatic N) is 4. The Morgan fingerprint density at radius 2 is 1.64 bits per heavy atom. The summed E-state index contributed by atoms with van der Waals surface area (Å²) in [5, 5.41) is 9.42. The molecule has 0 saturated carbocycles. The second-order valence-corrected chi connectivity index (χ2v) is 10.9. The third-order valence-electron chi connectivity index (χ3n) is 5.36. The van der Waals surface area contributed by atoms with E-state index in [1.807, 2.05) is 20.8 Å². The van der Waals surface area contributed by atoms with Gasteiger partial charge in [0.1, 0.15) is 6.61 Å². The van der Waals surface area contributed by atoms with Gasteiger partial charge in [-0.3, -0.25) is 4.72 Å². The molecule has 0 radical (unpaired) electrons. The van der Waals surface area contributed by atoms with Crippen molar-refractivity contribution in [3.05, 3.63) is 72.6 Å². The lowest BCUT2D eigenvalue weighted by Gasteiger charge is -2.20. The van der Waals surface area contributed by atoms with Gasteiger partial charge >= 0.3 is 0 Å². The first kappa shape index (κ1) is 23.8. The van der Waals surface area contributed by atoms with E-state index in [9.17, 15) is 13.5 Å². The Balaban J connectivity index is 1.86. The number of methoxy groups -OCH3 is 1. The molecule has 2 aromatic heterocycles. The zero-order valence-corrected chi connectivity index (χ0v) is 22.3. The maximum Gasteiger partial charge on any atom is 0.263 e. The number of benzene rings is 2. The second kappa shape index (κ2) is 11.6. The van der Waals surface area contributed by atoms with Crippen molar-refractivity contribution >= 4 is 15.8 Å². The van der Waals surface area contributed by atoms with Crippen molar-refractivity contribution in [2.24, 2.45) is 0 Å². The first-order chi connectivity index (χ1) is 19.8. The van der Waals surface area contributed by atoms with E-state index >= 15 is 0 Å². The summed E-state index contributed by atoms with van der Waals surface area (Å²) < 4.78 is 68.6.